The number of nitrogens with zero attached hydrogens (tertiary/aromatic N) is 3. The fourth-order valence-corrected chi connectivity index (χ4v) is 1.48. The van der Waals surface area contributed by atoms with Gasteiger partial charge in [0.05, 0.1) is 11.4 Å². The number of aliphatic carboxylic acids is 1. The second-order valence-corrected chi connectivity index (χ2v) is 3.17. The van der Waals surface area contributed by atoms with E-state index in [1.807, 2.05) is 20.8 Å². The average Bonchev–Trinajstić information content (AvgIpc) is 2.49. The van der Waals surface area contributed by atoms with Gasteiger partial charge >= 0.3 is 5.97 Å². The Morgan fingerprint density at radius 1 is 1.57 bits per heavy atom. The molecule has 0 aliphatic rings. The lowest BCUT2D eigenvalue weighted by Gasteiger charge is -2.07. The lowest BCUT2D eigenvalue weighted by Crippen LogP contribution is -2.12. The van der Waals surface area contributed by atoms with Crippen molar-refractivity contribution in [3.8, 4) is 0 Å². The summed E-state index contributed by atoms with van der Waals surface area (Å²) in [6.45, 7) is 6.36. The molecule has 14 heavy (non-hydrogen) atoms. The van der Waals surface area contributed by atoms with Gasteiger partial charge < -0.3 is 5.11 Å². The molecule has 0 spiro atoms. The number of aryl methyl sites for hydroxylation is 1. The van der Waals surface area contributed by atoms with Crippen molar-refractivity contribution in [2.75, 3.05) is 0 Å². The Balaban J connectivity index is 3.05. The van der Waals surface area contributed by atoms with Gasteiger partial charge in [-0.05, 0) is 20.3 Å². The summed E-state index contributed by atoms with van der Waals surface area (Å²) < 4.78 is 1.71. The summed E-state index contributed by atoms with van der Waals surface area (Å²) in [5.74, 6) is -1.37. The lowest BCUT2D eigenvalue weighted by molar-refractivity contribution is -0.139. The highest BCUT2D eigenvalue weighted by Crippen LogP contribution is 2.20. The number of hydrogen-bond acceptors (Lipinski definition) is 3. The van der Waals surface area contributed by atoms with Gasteiger partial charge in [-0.3, -0.25) is 4.79 Å². The van der Waals surface area contributed by atoms with E-state index in [1.54, 1.807) is 4.68 Å². The number of aromatic nitrogens is 3. The van der Waals surface area contributed by atoms with Gasteiger partial charge in [-0.15, -0.1) is 5.10 Å². The van der Waals surface area contributed by atoms with Crippen molar-refractivity contribution in [3.05, 3.63) is 11.4 Å². The third-order valence-electron chi connectivity index (χ3n) is 2.35. The van der Waals surface area contributed by atoms with Crippen LogP contribution < -0.4 is 0 Å². The van der Waals surface area contributed by atoms with E-state index in [2.05, 4.69) is 10.3 Å². The molecule has 1 N–H and O–H groups in total. The first-order chi connectivity index (χ1) is 6.61. The van der Waals surface area contributed by atoms with Gasteiger partial charge in [0.2, 0.25) is 0 Å². The van der Waals surface area contributed by atoms with Crippen LogP contribution in [0.3, 0.4) is 0 Å². The molecule has 0 fully saturated rings. The van der Waals surface area contributed by atoms with E-state index < -0.39 is 11.9 Å². The zero-order valence-electron chi connectivity index (χ0n) is 8.69. The van der Waals surface area contributed by atoms with E-state index in [1.165, 1.54) is 0 Å². The minimum atomic E-state index is -0.834. The summed E-state index contributed by atoms with van der Waals surface area (Å²) in [6.07, 6.45) is 0.540. The molecule has 1 rings (SSSR count). The van der Waals surface area contributed by atoms with E-state index in [0.29, 0.717) is 12.1 Å². The van der Waals surface area contributed by atoms with E-state index in [0.717, 1.165) is 12.2 Å². The first-order valence-corrected chi connectivity index (χ1v) is 4.74. The molecule has 0 aliphatic carbocycles. The van der Waals surface area contributed by atoms with Crippen molar-refractivity contribution in [3.63, 3.8) is 0 Å². The second-order valence-electron chi connectivity index (χ2n) is 3.17. The van der Waals surface area contributed by atoms with Gasteiger partial charge in [-0.1, -0.05) is 12.1 Å². The maximum atomic E-state index is 10.9. The maximum Gasteiger partial charge on any atom is 0.312 e. The Labute approximate surface area is 82.7 Å². The summed E-state index contributed by atoms with van der Waals surface area (Å²) in [7, 11) is 0. The normalized spacial score (nSPS) is 12.8. The van der Waals surface area contributed by atoms with Crippen LogP contribution in [0.25, 0.3) is 0 Å². The van der Waals surface area contributed by atoms with Crippen LogP contribution in [0.5, 0.6) is 0 Å². The molecule has 5 nitrogen and oxygen atoms in total. The molecule has 0 saturated carbocycles. The summed E-state index contributed by atoms with van der Waals surface area (Å²) >= 11 is 0. The average molecular weight is 197 g/mol. The Morgan fingerprint density at radius 2 is 2.21 bits per heavy atom. The van der Waals surface area contributed by atoms with Gasteiger partial charge in [0.1, 0.15) is 5.92 Å². The predicted molar refractivity (Wildman–Crippen MR) is 51.1 cm³/mol. The summed E-state index contributed by atoms with van der Waals surface area (Å²) in [6, 6.07) is 0. The molecule has 0 aliphatic heterocycles. The largest absolute Gasteiger partial charge is 0.481 e. The molecule has 1 aromatic heterocycles. The van der Waals surface area contributed by atoms with Gasteiger partial charge in [0.25, 0.3) is 0 Å². The van der Waals surface area contributed by atoms with Crippen molar-refractivity contribution in [1.29, 1.82) is 0 Å². The molecule has 1 heterocycles. The molecule has 78 valence electrons. The van der Waals surface area contributed by atoms with Crippen LogP contribution in [0.2, 0.25) is 0 Å². The molecule has 0 amide bonds. The van der Waals surface area contributed by atoms with Crippen molar-refractivity contribution in [2.24, 2.45) is 0 Å². The first kappa shape index (κ1) is 10.7. The van der Waals surface area contributed by atoms with Gasteiger partial charge in [0, 0.05) is 6.54 Å². The first-order valence-electron chi connectivity index (χ1n) is 4.74. The topological polar surface area (TPSA) is 68.0 Å². The van der Waals surface area contributed by atoms with Crippen LogP contribution in [0.1, 0.15) is 37.6 Å². The number of carboxylic acid groups (broad SMARTS) is 1. The Morgan fingerprint density at radius 3 is 2.57 bits per heavy atom. The Bertz CT molecular complexity index is 333. The highest BCUT2D eigenvalue weighted by molar-refractivity contribution is 5.75. The molecule has 0 radical (unpaired) electrons. The van der Waals surface area contributed by atoms with E-state index >= 15 is 0 Å². The van der Waals surface area contributed by atoms with Crippen molar-refractivity contribution < 1.29 is 9.90 Å². The molecule has 0 saturated heterocycles. The fourth-order valence-electron chi connectivity index (χ4n) is 1.48. The minimum absolute atomic E-state index is 0.532. The quantitative estimate of drug-likeness (QED) is 0.787. The molecule has 5 heteroatoms. The van der Waals surface area contributed by atoms with E-state index in [4.69, 9.17) is 5.11 Å². The SMILES string of the molecule is CCC(C(=O)O)c1nnn(CC)c1C. The zero-order chi connectivity index (χ0) is 10.7. The second kappa shape index (κ2) is 4.21. The van der Waals surface area contributed by atoms with Gasteiger partial charge in [-0.2, -0.15) is 0 Å². The van der Waals surface area contributed by atoms with Crippen LogP contribution >= 0.6 is 0 Å². The fraction of sp³-hybridized carbons (Fsp3) is 0.667. The van der Waals surface area contributed by atoms with Crippen molar-refractivity contribution in [1.82, 2.24) is 15.0 Å². The van der Waals surface area contributed by atoms with Crippen LogP contribution in [0.15, 0.2) is 0 Å². The third kappa shape index (κ3) is 1.76. The number of carboxylic acids is 1. The van der Waals surface area contributed by atoms with Crippen molar-refractivity contribution >= 4 is 5.97 Å². The molecule has 1 aromatic rings. The number of hydrogen-bond donors (Lipinski definition) is 1. The number of carbonyl (C=O) groups is 1. The number of rotatable bonds is 4. The van der Waals surface area contributed by atoms with Crippen LogP contribution in [-0.2, 0) is 11.3 Å². The summed E-state index contributed by atoms with van der Waals surface area (Å²) in [5, 5.41) is 16.8. The van der Waals surface area contributed by atoms with Crippen LogP contribution in [0, 0.1) is 6.92 Å². The summed E-state index contributed by atoms with van der Waals surface area (Å²) in [5.41, 5.74) is 1.43. The molecule has 1 unspecified atom stereocenters. The lowest BCUT2D eigenvalue weighted by atomic mass is 10.0. The maximum absolute atomic E-state index is 10.9. The van der Waals surface area contributed by atoms with E-state index in [-0.39, 0.29) is 0 Å². The van der Waals surface area contributed by atoms with Crippen LogP contribution in [-0.4, -0.2) is 26.1 Å². The summed E-state index contributed by atoms with van der Waals surface area (Å²) in [4.78, 5) is 10.9. The smallest absolute Gasteiger partial charge is 0.312 e. The van der Waals surface area contributed by atoms with Crippen molar-refractivity contribution in [2.45, 2.75) is 39.7 Å². The highest BCUT2D eigenvalue weighted by Gasteiger charge is 2.23. The molecular formula is C9H15N3O2. The molecule has 0 aromatic carbocycles. The molecule has 1 atom stereocenters. The zero-order valence-corrected chi connectivity index (χ0v) is 8.69. The monoisotopic (exact) mass is 197 g/mol. The standard InChI is InChI=1S/C9H15N3O2/c1-4-7(9(13)14)8-6(3)12(5-2)11-10-8/h7H,4-5H2,1-3H3,(H,13,14). The predicted octanol–water partition coefficient (Wildman–Crippen LogP) is 1.18. The Kier molecular flexibility index (Phi) is 3.22. The van der Waals surface area contributed by atoms with E-state index in [9.17, 15) is 4.79 Å². The van der Waals surface area contributed by atoms with Crippen LogP contribution in [0.4, 0.5) is 0 Å². The Hall–Kier alpha value is -1.39. The molecule has 0 bridgehead atoms. The van der Waals surface area contributed by atoms with Gasteiger partial charge in [-0.25, -0.2) is 4.68 Å². The van der Waals surface area contributed by atoms with Gasteiger partial charge in [0.15, 0.2) is 0 Å². The minimum Gasteiger partial charge on any atom is -0.481 e. The molecular weight excluding hydrogens is 182 g/mol. The third-order valence-corrected chi connectivity index (χ3v) is 2.35. The highest BCUT2D eigenvalue weighted by atomic mass is 16.4.